The molecule has 8 heteroatoms. The van der Waals surface area contributed by atoms with Crippen molar-refractivity contribution in [2.75, 3.05) is 6.54 Å². The Morgan fingerprint density at radius 2 is 2.05 bits per heavy atom. The second kappa shape index (κ2) is 5.20. The minimum Gasteiger partial charge on any atom is -0.477 e. The van der Waals surface area contributed by atoms with Crippen molar-refractivity contribution in [3.63, 3.8) is 0 Å². The fourth-order valence-corrected chi connectivity index (χ4v) is 4.56. The summed E-state index contributed by atoms with van der Waals surface area (Å²) < 4.78 is 26.4. The Morgan fingerprint density at radius 3 is 2.63 bits per heavy atom. The number of sulfonamides is 1. The topological polar surface area (TPSA) is 104 Å². The number of carboxylic acids is 1. The molecule has 1 heterocycles. The number of nitrogens with one attached hydrogen (secondary N) is 1. The fourth-order valence-electron chi connectivity index (χ4n) is 2.18. The van der Waals surface area contributed by atoms with Crippen molar-refractivity contribution in [1.29, 1.82) is 0 Å². The SMILES string of the molecule is O=C(O)c1sccc1S(=O)(=O)NCC1(O)CCCC1. The van der Waals surface area contributed by atoms with Gasteiger partial charge in [0.1, 0.15) is 9.77 Å². The average Bonchev–Trinajstić information content (AvgIpc) is 2.96. The van der Waals surface area contributed by atoms with Gasteiger partial charge in [-0.1, -0.05) is 12.8 Å². The van der Waals surface area contributed by atoms with E-state index in [1.165, 1.54) is 11.4 Å². The van der Waals surface area contributed by atoms with E-state index in [1.807, 2.05) is 0 Å². The Bertz CT molecular complexity index is 572. The summed E-state index contributed by atoms with van der Waals surface area (Å²) in [5.41, 5.74) is -1.01. The Kier molecular flexibility index (Phi) is 3.95. The predicted molar refractivity (Wildman–Crippen MR) is 69.9 cm³/mol. The molecule has 1 fully saturated rings. The van der Waals surface area contributed by atoms with Gasteiger partial charge >= 0.3 is 5.97 Å². The van der Waals surface area contributed by atoms with Gasteiger partial charge in [0.25, 0.3) is 0 Å². The van der Waals surface area contributed by atoms with Gasteiger partial charge in [0.05, 0.1) is 5.60 Å². The van der Waals surface area contributed by atoms with Crippen LogP contribution >= 0.6 is 11.3 Å². The van der Waals surface area contributed by atoms with Crippen LogP contribution in [0.3, 0.4) is 0 Å². The van der Waals surface area contributed by atoms with Crippen molar-refractivity contribution in [2.24, 2.45) is 0 Å². The lowest BCUT2D eigenvalue weighted by Crippen LogP contribution is -2.40. The van der Waals surface area contributed by atoms with Gasteiger partial charge in [0, 0.05) is 6.54 Å². The average molecular weight is 305 g/mol. The first-order valence-corrected chi connectivity index (χ1v) is 8.23. The van der Waals surface area contributed by atoms with Crippen molar-refractivity contribution < 1.29 is 23.4 Å². The second-order valence-electron chi connectivity index (χ2n) is 4.68. The van der Waals surface area contributed by atoms with Gasteiger partial charge in [-0.15, -0.1) is 11.3 Å². The molecule has 106 valence electrons. The number of rotatable bonds is 5. The summed E-state index contributed by atoms with van der Waals surface area (Å²) in [5, 5.41) is 20.4. The number of aliphatic hydroxyl groups is 1. The predicted octanol–water partition coefficient (Wildman–Crippen LogP) is 1.03. The van der Waals surface area contributed by atoms with Crippen LogP contribution < -0.4 is 4.72 Å². The maximum atomic E-state index is 12.0. The van der Waals surface area contributed by atoms with E-state index in [1.54, 1.807) is 0 Å². The first-order chi connectivity index (χ1) is 8.84. The molecule has 3 N–H and O–H groups in total. The molecule has 1 saturated carbocycles. The van der Waals surface area contributed by atoms with Crippen molar-refractivity contribution in [3.05, 3.63) is 16.3 Å². The zero-order valence-electron chi connectivity index (χ0n) is 10.1. The third-order valence-electron chi connectivity index (χ3n) is 3.24. The monoisotopic (exact) mass is 305 g/mol. The zero-order valence-corrected chi connectivity index (χ0v) is 11.8. The second-order valence-corrected chi connectivity index (χ2v) is 7.33. The highest BCUT2D eigenvalue weighted by atomic mass is 32.2. The van der Waals surface area contributed by atoms with Gasteiger partial charge < -0.3 is 10.2 Å². The molecule has 0 aliphatic heterocycles. The van der Waals surface area contributed by atoms with Gasteiger partial charge in [0.15, 0.2) is 0 Å². The number of hydrogen-bond acceptors (Lipinski definition) is 5. The van der Waals surface area contributed by atoms with Crippen molar-refractivity contribution in [2.45, 2.75) is 36.2 Å². The van der Waals surface area contributed by atoms with Crippen LogP contribution in [-0.4, -0.2) is 36.7 Å². The molecule has 0 saturated heterocycles. The van der Waals surface area contributed by atoms with Gasteiger partial charge in [0.2, 0.25) is 10.0 Å². The highest BCUT2D eigenvalue weighted by molar-refractivity contribution is 7.89. The van der Waals surface area contributed by atoms with Crippen molar-refractivity contribution in [1.82, 2.24) is 4.72 Å². The summed E-state index contributed by atoms with van der Waals surface area (Å²) in [5.74, 6) is -1.27. The third kappa shape index (κ3) is 3.14. The van der Waals surface area contributed by atoms with Crippen LogP contribution in [-0.2, 0) is 10.0 Å². The smallest absolute Gasteiger partial charge is 0.347 e. The van der Waals surface area contributed by atoms with E-state index < -0.39 is 21.6 Å². The molecule has 1 aliphatic carbocycles. The Labute approximate surface area is 115 Å². The molecule has 0 unspecified atom stereocenters. The van der Waals surface area contributed by atoms with Crippen LogP contribution in [0.2, 0.25) is 0 Å². The third-order valence-corrected chi connectivity index (χ3v) is 5.71. The van der Waals surface area contributed by atoms with E-state index in [-0.39, 0.29) is 16.3 Å². The molecule has 1 aromatic rings. The lowest BCUT2D eigenvalue weighted by molar-refractivity contribution is 0.0532. The van der Waals surface area contributed by atoms with Crippen LogP contribution in [0.15, 0.2) is 16.3 Å². The highest BCUT2D eigenvalue weighted by Gasteiger charge is 2.33. The number of hydrogen-bond donors (Lipinski definition) is 3. The van der Waals surface area contributed by atoms with E-state index in [9.17, 15) is 18.3 Å². The molecule has 1 aliphatic rings. The highest BCUT2D eigenvalue weighted by Crippen LogP contribution is 2.29. The van der Waals surface area contributed by atoms with Crippen LogP contribution in [0.4, 0.5) is 0 Å². The standard InChI is InChI=1S/C11H15NO5S2/c13-10(14)9-8(3-6-18-9)19(16,17)12-7-11(15)4-1-2-5-11/h3,6,12,15H,1-2,4-5,7H2,(H,13,14). The number of carbonyl (C=O) groups is 1. The molecule has 0 spiro atoms. The van der Waals surface area contributed by atoms with Crippen LogP contribution in [0.5, 0.6) is 0 Å². The molecular weight excluding hydrogens is 290 g/mol. The summed E-state index contributed by atoms with van der Waals surface area (Å²) in [6.07, 6.45) is 2.87. The Hall–Kier alpha value is -0.960. The molecule has 0 bridgehead atoms. The van der Waals surface area contributed by atoms with Gasteiger partial charge in [-0.05, 0) is 24.3 Å². The fraction of sp³-hybridized carbons (Fsp3) is 0.545. The van der Waals surface area contributed by atoms with Crippen molar-refractivity contribution in [3.8, 4) is 0 Å². The van der Waals surface area contributed by atoms with Crippen LogP contribution in [0.25, 0.3) is 0 Å². The summed E-state index contributed by atoms with van der Waals surface area (Å²) >= 11 is 0.861. The number of aromatic carboxylic acids is 1. The quantitative estimate of drug-likeness (QED) is 0.754. The lowest BCUT2D eigenvalue weighted by Gasteiger charge is -2.22. The molecule has 0 atom stereocenters. The molecule has 0 aromatic carbocycles. The van der Waals surface area contributed by atoms with Gasteiger partial charge in [-0.2, -0.15) is 0 Å². The summed E-state index contributed by atoms with van der Waals surface area (Å²) in [6.45, 7) is -0.0791. The maximum absolute atomic E-state index is 12.0. The van der Waals surface area contributed by atoms with Gasteiger partial charge in [-0.3, -0.25) is 0 Å². The minimum atomic E-state index is -3.90. The summed E-state index contributed by atoms with van der Waals surface area (Å²) in [6, 6.07) is 1.26. The number of thiophene rings is 1. The van der Waals surface area contributed by atoms with E-state index in [2.05, 4.69) is 4.72 Å². The molecular formula is C11H15NO5S2. The molecule has 1 aromatic heterocycles. The number of carboxylic acid groups (broad SMARTS) is 1. The first kappa shape index (κ1) is 14.4. The normalized spacial score (nSPS) is 18.6. The molecule has 19 heavy (non-hydrogen) atoms. The molecule has 6 nitrogen and oxygen atoms in total. The zero-order chi connectivity index (χ0) is 14.1. The molecule has 2 rings (SSSR count). The van der Waals surface area contributed by atoms with Crippen molar-refractivity contribution >= 4 is 27.3 Å². The summed E-state index contributed by atoms with van der Waals surface area (Å²) in [4.78, 5) is 10.5. The van der Waals surface area contributed by atoms with Crippen LogP contribution in [0, 0.1) is 0 Å². The van der Waals surface area contributed by atoms with E-state index in [0.29, 0.717) is 12.8 Å². The Morgan fingerprint density at radius 1 is 1.42 bits per heavy atom. The minimum absolute atomic E-state index is 0.0791. The van der Waals surface area contributed by atoms with Gasteiger partial charge in [-0.25, -0.2) is 17.9 Å². The summed E-state index contributed by atoms with van der Waals surface area (Å²) in [7, 11) is -3.90. The van der Waals surface area contributed by atoms with E-state index in [0.717, 1.165) is 24.2 Å². The molecule has 0 amide bonds. The largest absolute Gasteiger partial charge is 0.477 e. The van der Waals surface area contributed by atoms with E-state index in [4.69, 9.17) is 5.11 Å². The van der Waals surface area contributed by atoms with Crippen LogP contribution in [0.1, 0.15) is 35.4 Å². The first-order valence-electron chi connectivity index (χ1n) is 5.87. The Balaban J connectivity index is 2.14. The molecule has 0 radical (unpaired) electrons. The maximum Gasteiger partial charge on any atom is 0.347 e. The lowest BCUT2D eigenvalue weighted by atomic mass is 10.0. The van der Waals surface area contributed by atoms with E-state index >= 15 is 0 Å².